The number of aliphatic hydroxyl groups is 1. The molecule has 9 N–H and O–H groups in total. The highest BCUT2D eigenvalue weighted by atomic mass is 32.2. The SMILES string of the molecule is CSCCC(NC(=O)NC(Cc1ccc(F)cc1)C(=O)O)C(=O)NC(C(=O)NC=C1CC(O)C(n2ccc(=O)[nH]c2=O)O1)C(C)N(C)C(=O)C(N)Cc1ccccc1. The first kappa shape index (κ1) is 44.7. The lowest BCUT2D eigenvalue weighted by atomic mass is 10.0. The molecule has 0 bridgehead atoms. The average Bonchev–Trinajstić information content (AvgIpc) is 3.56. The molecule has 1 aliphatic heterocycles. The molecule has 312 valence electrons. The van der Waals surface area contributed by atoms with Crippen molar-refractivity contribution in [3.63, 3.8) is 0 Å². The Labute approximate surface area is 336 Å². The number of nitrogens with two attached hydrogens (primary N) is 1. The lowest BCUT2D eigenvalue weighted by Crippen LogP contribution is -2.62. The number of aromatic amines is 1. The number of hydrogen-bond acceptors (Lipinski definition) is 11. The number of likely N-dealkylation sites (N-methyl/N-ethyl adjacent to an activating group) is 1. The van der Waals surface area contributed by atoms with Gasteiger partial charge < -0.3 is 46.9 Å². The van der Waals surface area contributed by atoms with E-state index in [4.69, 9.17) is 10.5 Å². The van der Waals surface area contributed by atoms with E-state index in [1.807, 2.05) is 6.07 Å². The van der Waals surface area contributed by atoms with E-state index in [0.717, 1.165) is 40.7 Å². The van der Waals surface area contributed by atoms with Gasteiger partial charge >= 0.3 is 17.7 Å². The molecule has 0 radical (unpaired) electrons. The number of aromatic nitrogens is 2. The van der Waals surface area contributed by atoms with E-state index in [-0.39, 0.29) is 31.4 Å². The molecular weight excluding hydrogens is 780 g/mol. The molecule has 0 aliphatic carbocycles. The number of carboxylic acid groups (broad SMARTS) is 1. The number of halogens is 1. The van der Waals surface area contributed by atoms with Gasteiger partial charge in [-0.1, -0.05) is 42.5 Å². The summed E-state index contributed by atoms with van der Waals surface area (Å²) < 4.78 is 20.1. The second-order valence-electron chi connectivity index (χ2n) is 13.6. The van der Waals surface area contributed by atoms with Gasteiger partial charge in [-0.2, -0.15) is 11.8 Å². The molecule has 1 saturated heterocycles. The molecule has 1 aliphatic rings. The van der Waals surface area contributed by atoms with Crippen LogP contribution in [0.25, 0.3) is 0 Å². The number of aliphatic hydroxyl groups excluding tert-OH is 1. The van der Waals surface area contributed by atoms with Crippen molar-refractivity contribution in [2.45, 2.75) is 75.1 Å². The number of nitrogens with one attached hydrogen (secondary N) is 5. The minimum absolute atomic E-state index is 0.0424. The quantitative estimate of drug-likeness (QED) is 0.0838. The third-order valence-corrected chi connectivity index (χ3v) is 9.98. The maximum Gasteiger partial charge on any atom is 0.331 e. The number of carbonyl (C=O) groups excluding carboxylic acids is 4. The molecular formula is C38H47FN8O10S. The summed E-state index contributed by atoms with van der Waals surface area (Å²) >= 11 is 1.36. The molecule has 18 nitrogen and oxygen atoms in total. The van der Waals surface area contributed by atoms with Crippen LogP contribution in [0.4, 0.5) is 9.18 Å². The van der Waals surface area contributed by atoms with Gasteiger partial charge in [0.15, 0.2) is 0 Å². The zero-order chi connectivity index (χ0) is 42.5. The van der Waals surface area contributed by atoms with Crippen LogP contribution >= 0.6 is 11.8 Å². The van der Waals surface area contributed by atoms with E-state index in [9.17, 15) is 48.2 Å². The summed E-state index contributed by atoms with van der Waals surface area (Å²) in [4.78, 5) is 93.7. The maximum atomic E-state index is 13.9. The van der Waals surface area contributed by atoms with Gasteiger partial charge in [-0.05, 0) is 55.0 Å². The fourth-order valence-corrected chi connectivity index (χ4v) is 6.48. The van der Waals surface area contributed by atoms with E-state index >= 15 is 0 Å². The van der Waals surface area contributed by atoms with E-state index < -0.39 is 89.3 Å². The number of benzene rings is 2. The summed E-state index contributed by atoms with van der Waals surface area (Å²) in [6, 6.07) is 7.87. The summed E-state index contributed by atoms with van der Waals surface area (Å²) in [6.45, 7) is 1.50. The molecule has 0 spiro atoms. The normalized spacial score (nSPS) is 18.1. The van der Waals surface area contributed by atoms with Gasteiger partial charge in [-0.15, -0.1) is 0 Å². The molecule has 3 aromatic rings. The zero-order valence-electron chi connectivity index (χ0n) is 31.9. The predicted molar refractivity (Wildman–Crippen MR) is 211 cm³/mol. The summed E-state index contributed by atoms with van der Waals surface area (Å²) in [7, 11) is 1.41. The van der Waals surface area contributed by atoms with E-state index in [0.29, 0.717) is 11.3 Å². The average molecular weight is 827 g/mol. The summed E-state index contributed by atoms with van der Waals surface area (Å²) in [5, 5.41) is 30.3. The van der Waals surface area contributed by atoms with E-state index in [1.54, 1.807) is 30.5 Å². The van der Waals surface area contributed by atoms with Crippen molar-refractivity contribution in [3.05, 3.63) is 117 Å². The number of thioether (sulfide) groups is 1. The molecule has 5 amide bonds. The fourth-order valence-electron chi connectivity index (χ4n) is 6.01. The number of rotatable bonds is 18. The first-order valence-corrected chi connectivity index (χ1v) is 19.5. The maximum absolute atomic E-state index is 13.9. The van der Waals surface area contributed by atoms with Crippen molar-refractivity contribution in [1.29, 1.82) is 0 Å². The Balaban J connectivity index is 1.54. The molecule has 7 unspecified atom stereocenters. The largest absolute Gasteiger partial charge is 0.480 e. The van der Waals surface area contributed by atoms with Crippen molar-refractivity contribution in [3.8, 4) is 0 Å². The van der Waals surface area contributed by atoms with Crippen LogP contribution in [0.3, 0.4) is 0 Å². The van der Waals surface area contributed by atoms with Crippen LogP contribution in [0.5, 0.6) is 0 Å². The van der Waals surface area contributed by atoms with Crippen LogP contribution in [0.1, 0.15) is 37.1 Å². The van der Waals surface area contributed by atoms with Gasteiger partial charge in [0, 0.05) is 38.4 Å². The lowest BCUT2D eigenvalue weighted by molar-refractivity contribution is -0.139. The van der Waals surface area contributed by atoms with E-state index in [1.165, 1.54) is 42.8 Å². The van der Waals surface area contributed by atoms with Crippen molar-refractivity contribution >= 4 is 41.5 Å². The smallest absolute Gasteiger partial charge is 0.331 e. The van der Waals surface area contributed by atoms with Gasteiger partial charge in [-0.25, -0.2) is 18.8 Å². The highest BCUT2D eigenvalue weighted by Crippen LogP contribution is 2.29. The summed E-state index contributed by atoms with van der Waals surface area (Å²) in [5.41, 5.74) is 6.03. The highest BCUT2D eigenvalue weighted by Gasteiger charge is 2.37. The van der Waals surface area contributed by atoms with Gasteiger partial charge in [-0.3, -0.25) is 28.7 Å². The predicted octanol–water partition coefficient (Wildman–Crippen LogP) is -0.0684. The second kappa shape index (κ2) is 21.0. The number of ether oxygens (including phenoxy) is 1. The van der Waals surface area contributed by atoms with Gasteiger partial charge in [0.05, 0.1) is 12.1 Å². The molecule has 1 aromatic heterocycles. The fraction of sp³-hybridized carbons (Fsp3) is 0.395. The Morgan fingerprint density at radius 1 is 1.00 bits per heavy atom. The third-order valence-electron chi connectivity index (χ3n) is 9.34. The molecule has 20 heteroatoms. The number of amides is 5. The van der Waals surface area contributed by atoms with Gasteiger partial charge in [0.1, 0.15) is 35.8 Å². The third kappa shape index (κ3) is 12.5. The Kier molecular flexibility index (Phi) is 16.2. The highest BCUT2D eigenvalue weighted by molar-refractivity contribution is 7.98. The van der Waals surface area contributed by atoms with Crippen LogP contribution in [0.2, 0.25) is 0 Å². The zero-order valence-corrected chi connectivity index (χ0v) is 32.7. The Hall–Kier alpha value is -5.99. The number of aliphatic carboxylic acids is 1. The van der Waals surface area contributed by atoms with Gasteiger partial charge in [0.2, 0.25) is 23.9 Å². The molecule has 0 saturated carbocycles. The minimum Gasteiger partial charge on any atom is -0.480 e. The monoisotopic (exact) mass is 826 g/mol. The minimum atomic E-state index is -1.49. The van der Waals surface area contributed by atoms with Crippen LogP contribution in [0, 0.1) is 5.82 Å². The first-order valence-electron chi connectivity index (χ1n) is 18.1. The second-order valence-corrected chi connectivity index (χ2v) is 14.5. The van der Waals surface area contributed by atoms with Crippen molar-refractivity contribution < 1.29 is 43.3 Å². The van der Waals surface area contributed by atoms with Crippen LogP contribution in [-0.4, -0.2) is 110 Å². The molecule has 58 heavy (non-hydrogen) atoms. The first-order chi connectivity index (χ1) is 27.6. The van der Waals surface area contributed by atoms with E-state index in [2.05, 4.69) is 26.3 Å². The number of carboxylic acids is 1. The summed E-state index contributed by atoms with van der Waals surface area (Å²) in [5.74, 6) is -3.72. The lowest BCUT2D eigenvalue weighted by Gasteiger charge is -2.34. The molecule has 2 heterocycles. The van der Waals surface area contributed by atoms with Crippen molar-refractivity contribution in [2.24, 2.45) is 5.73 Å². The Morgan fingerprint density at radius 2 is 1.66 bits per heavy atom. The number of carbonyl (C=O) groups is 5. The molecule has 7 atom stereocenters. The molecule has 2 aromatic carbocycles. The Bertz CT molecular complexity index is 2070. The molecule has 4 rings (SSSR count). The van der Waals surface area contributed by atoms with Crippen LogP contribution in [-0.2, 0) is 36.8 Å². The number of urea groups is 1. The van der Waals surface area contributed by atoms with Gasteiger partial charge in [0.25, 0.3) is 5.56 Å². The Morgan fingerprint density at radius 3 is 2.29 bits per heavy atom. The summed E-state index contributed by atoms with van der Waals surface area (Å²) in [6.07, 6.45) is 1.46. The molecule has 1 fully saturated rings. The van der Waals surface area contributed by atoms with Crippen molar-refractivity contribution in [1.82, 2.24) is 35.7 Å². The van der Waals surface area contributed by atoms with Crippen molar-refractivity contribution in [2.75, 3.05) is 19.1 Å². The number of hydrogen-bond donors (Lipinski definition) is 8. The standard InChI is InChI=1S/C38H47FN8O10S/c1-21(46(2)34(52)26(40)17-22-7-5-4-6-8-22)31(33(51)41-20-25-19-29(48)35(57-25)47-15-13-30(49)44-38(47)56)45-32(50)27(14-16-58-3)42-37(55)43-28(36(53)54)18-23-9-11-24(39)12-10-23/h4-13,15,20-21,26-29,31,35,48H,14,16-19,40H2,1-3H3,(H,41,51)(H,45,50)(H,53,54)(H2,42,43,55)(H,44,49,56). The number of nitrogens with zero attached hydrogens (tertiary/aromatic N) is 2. The topological polar surface area (TPSA) is 267 Å². The van der Waals surface area contributed by atoms with Crippen LogP contribution in [0.15, 0.2) is 88.4 Å². The number of H-pyrrole nitrogens is 1. The van der Waals surface area contributed by atoms with Crippen LogP contribution < -0.4 is 38.2 Å².